The van der Waals surface area contributed by atoms with E-state index in [1.807, 2.05) is 6.92 Å². The maximum atomic E-state index is 10.5. The lowest BCUT2D eigenvalue weighted by molar-refractivity contribution is -0.118. The van der Waals surface area contributed by atoms with Crippen molar-refractivity contribution in [2.24, 2.45) is 0 Å². The van der Waals surface area contributed by atoms with Crippen LogP contribution in [0.4, 0.5) is 0 Å². The zero-order valence-corrected chi connectivity index (χ0v) is 7.72. The van der Waals surface area contributed by atoms with Gasteiger partial charge in [0.15, 0.2) is 0 Å². The smallest absolute Gasteiger partial charge is 0.220 e. The molecule has 0 atom stereocenters. The average Bonchev–Trinajstić information content (AvgIpc) is 1.99. The minimum absolute atomic E-state index is 0.104. The van der Waals surface area contributed by atoms with Gasteiger partial charge in [-0.15, -0.1) is 0 Å². The van der Waals surface area contributed by atoms with Gasteiger partial charge in [0.2, 0.25) is 5.91 Å². The first kappa shape index (κ1) is 10.8. The van der Waals surface area contributed by atoms with Crippen molar-refractivity contribution in [3.05, 3.63) is 23.6 Å². The van der Waals surface area contributed by atoms with Crippen molar-refractivity contribution < 1.29 is 9.90 Å². The van der Waals surface area contributed by atoms with Crippen molar-refractivity contribution >= 4 is 5.91 Å². The van der Waals surface area contributed by atoms with Crippen LogP contribution in [0.25, 0.3) is 0 Å². The summed E-state index contributed by atoms with van der Waals surface area (Å²) in [6.45, 7) is 5.06. The number of nitrogens with one attached hydrogen (secondary N) is 1. The van der Waals surface area contributed by atoms with Crippen LogP contribution in [0, 0.1) is 0 Å². The fourth-order valence-corrected chi connectivity index (χ4v) is 0.658. The van der Waals surface area contributed by atoms with Crippen LogP contribution in [0.15, 0.2) is 23.6 Å². The molecule has 0 aromatic rings. The number of aliphatic hydroxyl groups is 1. The third-order valence-electron chi connectivity index (χ3n) is 1.26. The summed E-state index contributed by atoms with van der Waals surface area (Å²) in [5.41, 5.74) is 0.725. The first-order valence-corrected chi connectivity index (χ1v) is 3.90. The molecule has 2 N–H and O–H groups in total. The van der Waals surface area contributed by atoms with Gasteiger partial charge in [-0.05, 0) is 19.1 Å². The van der Waals surface area contributed by atoms with Crippen LogP contribution < -0.4 is 5.32 Å². The van der Waals surface area contributed by atoms with Gasteiger partial charge in [-0.2, -0.15) is 0 Å². The SMILES string of the molecule is CC/C(O)=C\C=C(/C)NC(C)=O. The third kappa shape index (κ3) is 5.53. The van der Waals surface area contributed by atoms with Gasteiger partial charge in [-0.1, -0.05) is 6.92 Å². The molecule has 0 unspecified atom stereocenters. The molecule has 0 rings (SSSR count). The Bertz CT molecular complexity index is 217. The summed E-state index contributed by atoms with van der Waals surface area (Å²) < 4.78 is 0. The lowest BCUT2D eigenvalue weighted by Crippen LogP contribution is -2.16. The number of carbonyl (C=O) groups is 1. The van der Waals surface area contributed by atoms with E-state index in [0.29, 0.717) is 12.2 Å². The fraction of sp³-hybridized carbons (Fsp3) is 0.444. The molecule has 0 aliphatic rings. The highest BCUT2D eigenvalue weighted by Crippen LogP contribution is 1.96. The second-order valence-corrected chi connectivity index (χ2v) is 2.54. The molecule has 0 aromatic heterocycles. The summed E-state index contributed by atoms with van der Waals surface area (Å²) in [6.07, 6.45) is 3.84. The third-order valence-corrected chi connectivity index (χ3v) is 1.26. The lowest BCUT2D eigenvalue weighted by Gasteiger charge is -1.98. The molecular weight excluding hydrogens is 154 g/mol. The molecule has 0 fully saturated rings. The predicted molar refractivity (Wildman–Crippen MR) is 48.6 cm³/mol. The molecule has 0 saturated carbocycles. The standard InChI is InChI=1S/C9H15NO2/c1-4-9(12)6-5-7(2)10-8(3)11/h5-6,12H,4H2,1-3H3,(H,10,11)/b7-5+,9-6+. The number of hydrogen-bond acceptors (Lipinski definition) is 2. The van der Waals surface area contributed by atoms with Crippen LogP contribution in [-0.4, -0.2) is 11.0 Å². The molecule has 3 nitrogen and oxygen atoms in total. The summed E-state index contributed by atoms with van der Waals surface area (Å²) in [4.78, 5) is 10.5. The first-order chi connectivity index (χ1) is 5.56. The zero-order chi connectivity index (χ0) is 9.56. The van der Waals surface area contributed by atoms with Crippen LogP contribution in [0.3, 0.4) is 0 Å². The van der Waals surface area contributed by atoms with Gasteiger partial charge in [0.05, 0.1) is 5.76 Å². The zero-order valence-electron chi connectivity index (χ0n) is 7.72. The molecular formula is C9H15NO2. The molecule has 0 aliphatic heterocycles. The van der Waals surface area contributed by atoms with E-state index in [0.717, 1.165) is 5.70 Å². The van der Waals surface area contributed by atoms with E-state index in [1.165, 1.54) is 6.92 Å². The second kappa shape index (κ2) is 5.41. The highest BCUT2D eigenvalue weighted by atomic mass is 16.3. The van der Waals surface area contributed by atoms with E-state index < -0.39 is 0 Å². The summed E-state index contributed by atoms with van der Waals surface area (Å²) >= 11 is 0. The maximum absolute atomic E-state index is 10.5. The van der Waals surface area contributed by atoms with Crippen molar-refractivity contribution in [3.8, 4) is 0 Å². The van der Waals surface area contributed by atoms with Gasteiger partial charge >= 0.3 is 0 Å². The maximum Gasteiger partial charge on any atom is 0.220 e. The Balaban J connectivity index is 4.08. The molecule has 0 saturated heterocycles. The van der Waals surface area contributed by atoms with E-state index in [2.05, 4.69) is 5.32 Å². The Morgan fingerprint density at radius 2 is 2.00 bits per heavy atom. The average molecular weight is 169 g/mol. The molecule has 12 heavy (non-hydrogen) atoms. The van der Waals surface area contributed by atoms with Crippen LogP contribution in [0.5, 0.6) is 0 Å². The lowest BCUT2D eigenvalue weighted by atomic mass is 10.3. The van der Waals surface area contributed by atoms with Crippen LogP contribution in [0.1, 0.15) is 27.2 Å². The van der Waals surface area contributed by atoms with Gasteiger partial charge in [-0.3, -0.25) is 4.79 Å². The number of carbonyl (C=O) groups excluding carboxylic acids is 1. The number of hydrogen-bond donors (Lipinski definition) is 2. The largest absolute Gasteiger partial charge is 0.512 e. The molecule has 1 amide bonds. The van der Waals surface area contributed by atoms with Crippen molar-refractivity contribution in [2.75, 3.05) is 0 Å². The Morgan fingerprint density at radius 1 is 1.42 bits per heavy atom. The molecule has 0 spiro atoms. The van der Waals surface area contributed by atoms with Crippen LogP contribution in [0.2, 0.25) is 0 Å². The number of aliphatic hydroxyl groups excluding tert-OH is 1. The summed E-state index contributed by atoms with van der Waals surface area (Å²) in [6, 6.07) is 0. The number of amides is 1. The van der Waals surface area contributed by atoms with Crippen molar-refractivity contribution in [2.45, 2.75) is 27.2 Å². The van der Waals surface area contributed by atoms with E-state index in [-0.39, 0.29) is 5.91 Å². The molecule has 3 heteroatoms. The molecule has 0 radical (unpaired) electrons. The van der Waals surface area contributed by atoms with Gasteiger partial charge in [0.25, 0.3) is 0 Å². The molecule has 0 heterocycles. The van der Waals surface area contributed by atoms with E-state index in [9.17, 15) is 4.79 Å². The quantitative estimate of drug-likeness (QED) is 0.500. The Morgan fingerprint density at radius 3 is 2.42 bits per heavy atom. The normalized spacial score (nSPS) is 12.9. The van der Waals surface area contributed by atoms with Crippen molar-refractivity contribution in [3.63, 3.8) is 0 Å². The summed E-state index contributed by atoms with van der Waals surface area (Å²) in [7, 11) is 0. The summed E-state index contributed by atoms with van der Waals surface area (Å²) in [5, 5.41) is 11.6. The number of rotatable bonds is 3. The minimum atomic E-state index is -0.104. The van der Waals surface area contributed by atoms with Gasteiger partial charge < -0.3 is 10.4 Å². The van der Waals surface area contributed by atoms with Crippen LogP contribution >= 0.6 is 0 Å². The van der Waals surface area contributed by atoms with E-state index in [4.69, 9.17) is 5.11 Å². The van der Waals surface area contributed by atoms with Gasteiger partial charge in [-0.25, -0.2) is 0 Å². The van der Waals surface area contributed by atoms with Crippen molar-refractivity contribution in [1.29, 1.82) is 0 Å². The molecule has 0 aromatic carbocycles. The highest BCUT2D eigenvalue weighted by molar-refractivity contribution is 5.74. The summed E-state index contributed by atoms with van der Waals surface area (Å²) in [5.74, 6) is 0.202. The predicted octanol–water partition coefficient (Wildman–Crippen LogP) is 1.88. The fourth-order valence-electron chi connectivity index (χ4n) is 0.658. The number of allylic oxidation sites excluding steroid dienone is 4. The van der Waals surface area contributed by atoms with Crippen LogP contribution in [-0.2, 0) is 4.79 Å². The Kier molecular flexibility index (Phi) is 4.84. The Hall–Kier alpha value is -1.25. The molecule has 0 bridgehead atoms. The first-order valence-electron chi connectivity index (χ1n) is 3.90. The monoisotopic (exact) mass is 169 g/mol. The second-order valence-electron chi connectivity index (χ2n) is 2.54. The highest BCUT2D eigenvalue weighted by Gasteiger charge is 1.90. The van der Waals surface area contributed by atoms with Gasteiger partial charge in [0, 0.05) is 19.0 Å². The van der Waals surface area contributed by atoms with Gasteiger partial charge in [0.1, 0.15) is 0 Å². The Labute approximate surface area is 72.8 Å². The van der Waals surface area contributed by atoms with E-state index in [1.54, 1.807) is 19.1 Å². The van der Waals surface area contributed by atoms with E-state index >= 15 is 0 Å². The molecule has 68 valence electrons. The topological polar surface area (TPSA) is 49.3 Å². The molecule has 0 aliphatic carbocycles. The minimum Gasteiger partial charge on any atom is -0.512 e. The van der Waals surface area contributed by atoms with Crippen molar-refractivity contribution in [1.82, 2.24) is 5.32 Å².